The number of hydrogen-bond donors (Lipinski definition) is 2. The molecule has 0 unspecified atom stereocenters. The van der Waals surface area contributed by atoms with Crippen LogP contribution in [0.5, 0.6) is 0 Å². The van der Waals surface area contributed by atoms with Gasteiger partial charge in [-0.3, -0.25) is 10.1 Å². The number of hydrogen-bond acceptors (Lipinski definition) is 4. The molecule has 0 radical (unpaired) electrons. The van der Waals surface area contributed by atoms with Crippen molar-refractivity contribution in [2.75, 3.05) is 0 Å². The third kappa shape index (κ3) is 3.56. The van der Waals surface area contributed by atoms with Gasteiger partial charge < -0.3 is 5.73 Å². The molecule has 0 aromatic heterocycles. The Morgan fingerprint density at radius 1 is 1.65 bits per heavy atom. The van der Waals surface area contributed by atoms with E-state index in [4.69, 9.17) is 5.73 Å². The second-order valence-corrected chi connectivity index (χ2v) is 3.23. The average Bonchev–Trinajstić information content (AvgIpc) is 2.28. The summed E-state index contributed by atoms with van der Waals surface area (Å²) in [5.74, 6) is 0. The summed E-state index contributed by atoms with van der Waals surface area (Å²) in [6.07, 6.45) is 1.87. The number of carbonyl (C=O) groups is 1. The third-order valence-electron chi connectivity index (χ3n) is 2.08. The van der Waals surface area contributed by atoms with Gasteiger partial charge in [-0.15, -0.1) is 0 Å². The van der Waals surface area contributed by atoms with Gasteiger partial charge in [0, 0.05) is 17.2 Å². The van der Waals surface area contributed by atoms with E-state index in [1.165, 1.54) is 12.3 Å². The zero-order chi connectivity index (χ0) is 12.8. The monoisotopic (exact) mass is 236 g/mol. The molecule has 90 valence electrons. The van der Waals surface area contributed by atoms with E-state index in [1.54, 1.807) is 12.1 Å². The molecule has 0 saturated heterocycles. The number of hydrazone groups is 1. The number of nitrogens with two attached hydrogens (primary N) is 1. The minimum atomic E-state index is -0.791. The maximum Gasteiger partial charge on any atom is 0.332 e. The highest BCUT2D eigenvalue weighted by Gasteiger charge is 2.12. The minimum Gasteiger partial charge on any atom is -0.350 e. The molecule has 0 aliphatic heterocycles. The van der Waals surface area contributed by atoms with Crippen LogP contribution < -0.4 is 11.2 Å². The number of nitrogens with one attached hydrogen (secondary N) is 1. The summed E-state index contributed by atoms with van der Waals surface area (Å²) in [7, 11) is 0. The van der Waals surface area contributed by atoms with Gasteiger partial charge >= 0.3 is 6.03 Å². The Bertz CT molecular complexity index is 471. The van der Waals surface area contributed by atoms with Crippen LogP contribution >= 0.6 is 0 Å². The summed E-state index contributed by atoms with van der Waals surface area (Å²) < 4.78 is 0. The zero-order valence-electron chi connectivity index (χ0n) is 9.21. The van der Waals surface area contributed by atoms with Gasteiger partial charge in [0.15, 0.2) is 0 Å². The lowest BCUT2D eigenvalue weighted by Gasteiger charge is -2.00. The summed E-state index contributed by atoms with van der Waals surface area (Å²) in [5.41, 5.74) is 8.02. The first kappa shape index (κ1) is 12.6. The Balaban J connectivity index is 2.96. The molecule has 0 aliphatic carbocycles. The quantitative estimate of drug-likeness (QED) is 0.464. The Kier molecular flexibility index (Phi) is 4.15. The van der Waals surface area contributed by atoms with E-state index in [2.05, 4.69) is 5.10 Å². The molecule has 0 heterocycles. The molecular weight excluding hydrogens is 224 g/mol. The van der Waals surface area contributed by atoms with E-state index in [9.17, 15) is 14.9 Å². The van der Waals surface area contributed by atoms with Gasteiger partial charge in [0.25, 0.3) is 5.69 Å². The molecule has 3 N–H and O–H groups in total. The fraction of sp³-hybridized carbons (Fsp3) is 0.200. The molecule has 7 nitrogen and oxygen atoms in total. The number of nitrogens with zero attached hydrogens (tertiary/aromatic N) is 2. The number of nitro groups is 1. The second-order valence-electron chi connectivity index (χ2n) is 3.23. The van der Waals surface area contributed by atoms with Crippen LogP contribution in [-0.4, -0.2) is 17.2 Å². The molecule has 0 bridgehead atoms. The van der Waals surface area contributed by atoms with Crippen LogP contribution in [0.15, 0.2) is 23.3 Å². The smallest absolute Gasteiger partial charge is 0.332 e. The first-order valence-corrected chi connectivity index (χ1v) is 4.90. The number of primary amides is 1. The van der Waals surface area contributed by atoms with Crippen molar-refractivity contribution in [3.63, 3.8) is 0 Å². The predicted octanol–water partition coefficient (Wildman–Crippen LogP) is 1.16. The summed E-state index contributed by atoms with van der Waals surface area (Å²) in [5, 5.41) is 14.3. The van der Waals surface area contributed by atoms with Crippen molar-refractivity contribution in [2.45, 2.75) is 13.3 Å². The molecule has 2 amide bonds. The van der Waals surface area contributed by atoms with Crippen molar-refractivity contribution >= 4 is 17.9 Å². The van der Waals surface area contributed by atoms with E-state index in [1.807, 2.05) is 12.3 Å². The van der Waals surface area contributed by atoms with Gasteiger partial charge in [-0.2, -0.15) is 5.10 Å². The van der Waals surface area contributed by atoms with Crippen molar-refractivity contribution in [1.82, 2.24) is 5.43 Å². The maximum absolute atomic E-state index is 10.8. The molecule has 0 aliphatic rings. The Hall–Kier alpha value is -2.44. The normalized spacial score (nSPS) is 10.4. The fourth-order valence-corrected chi connectivity index (χ4v) is 1.30. The molecule has 1 aromatic rings. The molecule has 7 heteroatoms. The SMILES string of the molecule is CCc1ccc(C=NNC(N)=O)cc1[N+](=O)[O-]. The van der Waals surface area contributed by atoms with Crippen LogP contribution in [0.3, 0.4) is 0 Å². The molecular formula is C10H12N4O3. The van der Waals surface area contributed by atoms with Crippen molar-refractivity contribution in [3.8, 4) is 0 Å². The number of amides is 2. The van der Waals surface area contributed by atoms with Crippen LogP contribution in [0.4, 0.5) is 10.5 Å². The number of urea groups is 1. The van der Waals surface area contributed by atoms with Crippen molar-refractivity contribution in [3.05, 3.63) is 39.4 Å². The average molecular weight is 236 g/mol. The second kappa shape index (κ2) is 5.59. The summed E-state index contributed by atoms with van der Waals surface area (Å²) in [4.78, 5) is 20.7. The molecule has 0 saturated carbocycles. The van der Waals surface area contributed by atoms with Crippen molar-refractivity contribution in [1.29, 1.82) is 0 Å². The number of benzene rings is 1. The van der Waals surface area contributed by atoms with Gasteiger partial charge in [-0.1, -0.05) is 19.1 Å². The van der Waals surface area contributed by atoms with E-state index >= 15 is 0 Å². The van der Waals surface area contributed by atoms with Gasteiger partial charge in [-0.25, -0.2) is 10.2 Å². The highest BCUT2D eigenvalue weighted by molar-refractivity contribution is 5.82. The maximum atomic E-state index is 10.8. The standard InChI is InChI=1S/C10H12N4O3/c1-2-8-4-3-7(5-9(8)14(16)17)6-12-13-10(11)15/h3-6H,2H2,1H3,(H3,11,13,15). The van der Waals surface area contributed by atoms with Crippen LogP contribution in [0.25, 0.3) is 0 Å². The molecule has 17 heavy (non-hydrogen) atoms. The molecule has 0 fully saturated rings. The number of carbonyl (C=O) groups excluding carboxylic acids is 1. The highest BCUT2D eigenvalue weighted by atomic mass is 16.6. The summed E-state index contributed by atoms with van der Waals surface area (Å²) in [6, 6.07) is 3.94. The lowest BCUT2D eigenvalue weighted by molar-refractivity contribution is -0.385. The van der Waals surface area contributed by atoms with Crippen LogP contribution in [0, 0.1) is 10.1 Å². The summed E-state index contributed by atoms with van der Waals surface area (Å²) in [6.45, 7) is 1.84. The third-order valence-corrected chi connectivity index (χ3v) is 2.08. The van der Waals surface area contributed by atoms with Gasteiger partial charge in [0.2, 0.25) is 0 Å². The van der Waals surface area contributed by atoms with Crippen molar-refractivity contribution in [2.24, 2.45) is 10.8 Å². The Morgan fingerprint density at radius 3 is 2.88 bits per heavy atom. The van der Waals surface area contributed by atoms with Crippen LogP contribution in [-0.2, 0) is 6.42 Å². The molecule has 1 rings (SSSR count). The van der Waals surface area contributed by atoms with Gasteiger partial charge in [0.1, 0.15) is 0 Å². The molecule has 0 spiro atoms. The van der Waals surface area contributed by atoms with E-state index < -0.39 is 11.0 Å². The Morgan fingerprint density at radius 2 is 2.35 bits per heavy atom. The zero-order valence-corrected chi connectivity index (χ0v) is 9.21. The lowest BCUT2D eigenvalue weighted by Crippen LogP contribution is -2.24. The topological polar surface area (TPSA) is 111 Å². The Labute approximate surface area is 97.5 Å². The van der Waals surface area contributed by atoms with Gasteiger partial charge in [-0.05, 0) is 6.42 Å². The molecule has 1 aromatic carbocycles. The number of rotatable bonds is 4. The number of aryl methyl sites for hydroxylation is 1. The minimum absolute atomic E-state index is 0.0375. The van der Waals surface area contributed by atoms with Gasteiger partial charge in [0.05, 0.1) is 11.1 Å². The number of nitro benzene ring substituents is 1. The predicted molar refractivity (Wildman–Crippen MR) is 62.8 cm³/mol. The first-order chi connectivity index (χ1) is 8.04. The lowest BCUT2D eigenvalue weighted by atomic mass is 10.1. The largest absolute Gasteiger partial charge is 0.350 e. The van der Waals surface area contributed by atoms with E-state index in [-0.39, 0.29) is 5.69 Å². The van der Waals surface area contributed by atoms with E-state index in [0.717, 1.165) is 0 Å². The van der Waals surface area contributed by atoms with Crippen LogP contribution in [0.1, 0.15) is 18.1 Å². The highest BCUT2D eigenvalue weighted by Crippen LogP contribution is 2.19. The van der Waals surface area contributed by atoms with Crippen LogP contribution in [0.2, 0.25) is 0 Å². The fourth-order valence-electron chi connectivity index (χ4n) is 1.30. The summed E-state index contributed by atoms with van der Waals surface area (Å²) >= 11 is 0. The van der Waals surface area contributed by atoms with E-state index in [0.29, 0.717) is 17.5 Å². The van der Waals surface area contributed by atoms with Crippen molar-refractivity contribution < 1.29 is 9.72 Å². The first-order valence-electron chi connectivity index (χ1n) is 4.90. The molecule has 0 atom stereocenters.